The number of fused-ring (bicyclic) bond motifs is 1. The number of hydrogen-bond acceptors (Lipinski definition) is 8. The van der Waals surface area contributed by atoms with Crippen molar-refractivity contribution < 1.29 is 4.79 Å². The molecule has 4 aromatic rings. The number of nitrogens with zero attached hydrogens (tertiary/aromatic N) is 8. The number of hydrogen-bond donors (Lipinski definition) is 1. The van der Waals surface area contributed by atoms with E-state index < -0.39 is 0 Å². The third-order valence-corrected chi connectivity index (χ3v) is 5.62. The van der Waals surface area contributed by atoms with E-state index in [2.05, 4.69) is 47.3 Å². The fourth-order valence-electron chi connectivity index (χ4n) is 3.79. The molecule has 10 nitrogen and oxygen atoms in total. The Hall–Kier alpha value is -3.92. The Morgan fingerprint density at radius 3 is 2.69 bits per heavy atom. The topological polar surface area (TPSA) is 104 Å². The highest BCUT2D eigenvalue weighted by atomic mass is 16.1. The molecular formula is C22H23N9O. The molecule has 162 valence electrons. The van der Waals surface area contributed by atoms with Crippen molar-refractivity contribution in [3.63, 3.8) is 0 Å². The van der Waals surface area contributed by atoms with E-state index in [1.54, 1.807) is 43.0 Å². The van der Waals surface area contributed by atoms with Crippen molar-refractivity contribution in [2.45, 2.75) is 13.0 Å². The summed E-state index contributed by atoms with van der Waals surface area (Å²) in [4.78, 5) is 30.2. The lowest BCUT2D eigenvalue weighted by Gasteiger charge is -2.38. The van der Waals surface area contributed by atoms with Crippen LogP contribution in [0.3, 0.4) is 0 Å². The number of aryl methyl sites for hydroxylation is 1. The largest absolute Gasteiger partial charge is 0.338 e. The maximum absolute atomic E-state index is 12.8. The van der Waals surface area contributed by atoms with Crippen LogP contribution in [-0.2, 0) is 0 Å². The van der Waals surface area contributed by atoms with Gasteiger partial charge in [-0.25, -0.2) is 15.0 Å². The number of pyridine rings is 2. The van der Waals surface area contributed by atoms with Crippen LogP contribution in [0.4, 0.5) is 11.8 Å². The predicted molar refractivity (Wildman–Crippen MR) is 120 cm³/mol. The maximum Gasteiger partial charge on any atom is 0.258 e. The number of piperazine rings is 1. The summed E-state index contributed by atoms with van der Waals surface area (Å²) in [5.74, 6) is 1.74. The molecule has 1 aliphatic rings. The first-order valence-electron chi connectivity index (χ1n) is 10.4. The quantitative estimate of drug-likeness (QED) is 0.525. The van der Waals surface area contributed by atoms with E-state index in [-0.39, 0.29) is 11.9 Å². The van der Waals surface area contributed by atoms with Gasteiger partial charge in [0, 0.05) is 44.4 Å². The molecule has 4 aromatic heterocycles. The fraction of sp³-hybridized carbons (Fsp3) is 0.273. The second-order valence-corrected chi connectivity index (χ2v) is 7.87. The average molecular weight is 429 g/mol. The molecule has 0 saturated carbocycles. The molecule has 0 spiro atoms. The minimum atomic E-state index is -0.237. The summed E-state index contributed by atoms with van der Waals surface area (Å²) >= 11 is 0. The van der Waals surface area contributed by atoms with Crippen LogP contribution in [0, 0.1) is 6.92 Å². The van der Waals surface area contributed by atoms with Gasteiger partial charge in [0.2, 0.25) is 5.95 Å². The van der Waals surface area contributed by atoms with Crippen molar-refractivity contribution in [3.05, 3.63) is 72.1 Å². The number of likely N-dealkylation sites (N-methyl/N-ethyl adjacent to an activating group) is 1. The van der Waals surface area contributed by atoms with E-state index in [0.29, 0.717) is 29.5 Å². The van der Waals surface area contributed by atoms with E-state index >= 15 is 0 Å². The summed E-state index contributed by atoms with van der Waals surface area (Å²) in [6.45, 7) is 4.28. The van der Waals surface area contributed by atoms with Gasteiger partial charge < -0.3 is 10.2 Å². The molecule has 1 aliphatic heterocycles. The zero-order valence-corrected chi connectivity index (χ0v) is 17.9. The van der Waals surface area contributed by atoms with E-state index in [1.165, 1.54) is 0 Å². The second kappa shape index (κ2) is 8.31. The van der Waals surface area contributed by atoms with Crippen molar-refractivity contribution in [2.75, 3.05) is 36.9 Å². The smallest absolute Gasteiger partial charge is 0.258 e. The van der Waals surface area contributed by atoms with Gasteiger partial charge in [0.25, 0.3) is 5.91 Å². The van der Waals surface area contributed by atoms with Crippen LogP contribution in [0.15, 0.2) is 55.1 Å². The van der Waals surface area contributed by atoms with Gasteiger partial charge in [0.15, 0.2) is 11.5 Å². The molecule has 10 heteroatoms. The lowest BCUT2D eigenvalue weighted by Crippen LogP contribution is -2.47. The summed E-state index contributed by atoms with van der Waals surface area (Å²) in [7, 11) is 2.06. The molecule has 1 unspecified atom stereocenters. The molecule has 0 bridgehead atoms. The van der Waals surface area contributed by atoms with Crippen LogP contribution in [0.25, 0.3) is 5.65 Å². The van der Waals surface area contributed by atoms with Crippen LogP contribution in [0.2, 0.25) is 0 Å². The van der Waals surface area contributed by atoms with Crippen molar-refractivity contribution in [1.82, 2.24) is 34.4 Å². The van der Waals surface area contributed by atoms with Gasteiger partial charge in [-0.05, 0) is 43.8 Å². The van der Waals surface area contributed by atoms with Crippen molar-refractivity contribution in [1.29, 1.82) is 0 Å². The van der Waals surface area contributed by atoms with Gasteiger partial charge in [-0.2, -0.15) is 0 Å². The molecular weight excluding hydrogens is 406 g/mol. The second-order valence-electron chi connectivity index (χ2n) is 7.87. The Balaban J connectivity index is 1.42. The molecule has 0 aliphatic carbocycles. The number of carbonyl (C=O) groups excluding carboxylic acids is 1. The zero-order valence-electron chi connectivity index (χ0n) is 17.9. The van der Waals surface area contributed by atoms with E-state index in [1.807, 2.05) is 23.5 Å². The summed E-state index contributed by atoms with van der Waals surface area (Å²) in [6.07, 6.45) is 6.99. The first-order chi connectivity index (χ1) is 15.6. The monoisotopic (exact) mass is 429 g/mol. The molecule has 0 aromatic carbocycles. The van der Waals surface area contributed by atoms with Gasteiger partial charge >= 0.3 is 0 Å². The summed E-state index contributed by atoms with van der Waals surface area (Å²) in [6, 6.07) is 9.01. The Kier molecular flexibility index (Phi) is 5.20. The molecule has 5 heterocycles. The van der Waals surface area contributed by atoms with E-state index in [4.69, 9.17) is 0 Å². The van der Waals surface area contributed by atoms with Gasteiger partial charge in [-0.1, -0.05) is 6.07 Å². The number of aromatic nitrogens is 6. The van der Waals surface area contributed by atoms with E-state index in [0.717, 1.165) is 24.5 Å². The first-order valence-corrected chi connectivity index (χ1v) is 10.4. The van der Waals surface area contributed by atoms with Gasteiger partial charge in [-0.15, -0.1) is 10.2 Å². The van der Waals surface area contributed by atoms with Crippen LogP contribution in [-0.4, -0.2) is 67.0 Å². The number of rotatable bonds is 4. The zero-order chi connectivity index (χ0) is 22.1. The lowest BCUT2D eigenvalue weighted by atomic mass is 10.1. The Bertz CT molecular complexity index is 1240. The van der Waals surface area contributed by atoms with Gasteiger partial charge in [-0.3, -0.25) is 14.1 Å². The Labute approximate surface area is 185 Å². The number of carbonyl (C=O) groups is 1. The van der Waals surface area contributed by atoms with Crippen molar-refractivity contribution in [3.8, 4) is 0 Å². The molecule has 1 saturated heterocycles. The van der Waals surface area contributed by atoms with Crippen LogP contribution >= 0.6 is 0 Å². The maximum atomic E-state index is 12.8. The number of nitrogens with one attached hydrogen (secondary N) is 1. The standard InChI is InChI=1S/C22H23N9O/c1-15-4-6-18(25-12-15)26-21(32)16-5-7-19-27-28-20(31(19)13-16)17-14-30(11-10-29(17)2)22-23-8-3-9-24-22/h3-9,12-13,17H,10-11,14H2,1-2H3,(H,25,26,32). The van der Waals surface area contributed by atoms with Crippen molar-refractivity contribution in [2.24, 2.45) is 0 Å². The minimum absolute atomic E-state index is 0.0281. The SMILES string of the molecule is Cc1ccc(NC(=O)c2ccc3nnc(C4CN(c5ncccn5)CCN4C)n3c2)nc1. The normalized spacial score (nSPS) is 16.9. The molecule has 1 amide bonds. The third kappa shape index (κ3) is 3.87. The van der Waals surface area contributed by atoms with Crippen LogP contribution < -0.4 is 10.2 Å². The highest BCUT2D eigenvalue weighted by Gasteiger charge is 2.30. The van der Waals surface area contributed by atoms with Gasteiger partial charge in [0.05, 0.1) is 11.6 Å². The highest BCUT2D eigenvalue weighted by Crippen LogP contribution is 2.25. The number of amides is 1. The number of anilines is 2. The first kappa shape index (κ1) is 20.0. The van der Waals surface area contributed by atoms with Gasteiger partial charge in [0.1, 0.15) is 5.82 Å². The minimum Gasteiger partial charge on any atom is -0.338 e. The molecule has 1 atom stereocenters. The fourth-order valence-corrected chi connectivity index (χ4v) is 3.79. The Morgan fingerprint density at radius 2 is 1.91 bits per heavy atom. The van der Waals surface area contributed by atoms with Crippen molar-refractivity contribution >= 4 is 23.3 Å². The average Bonchev–Trinajstić information content (AvgIpc) is 3.24. The molecule has 32 heavy (non-hydrogen) atoms. The lowest BCUT2D eigenvalue weighted by molar-refractivity contribution is 0.102. The van der Waals surface area contributed by atoms with E-state index in [9.17, 15) is 4.79 Å². The summed E-state index contributed by atoms with van der Waals surface area (Å²) in [5, 5.41) is 11.6. The highest BCUT2D eigenvalue weighted by molar-refractivity contribution is 6.03. The summed E-state index contributed by atoms with van der Waals surface area (Å²) in [5.41, 5.74) is 2.22. The van der Waals surface area contributed by atoms with Crippen LogP contribution in [0.1, 0.15) is 27.8 Å². The molecule has 0 radical (unpaired) electrons. The molecule has 1 N–H and O–H groups in total. The predicted octanol–water partition coefficient (Wildman–Crippen LogP) is 1.97. The summed E-state index contributed by atoms with van der Waals surface area (Å²) < 4.78 is 1.88. The third-order valence-electron chi connectivity index (χ3n) is 5.62. The Morgan fingerprint density at radius 1 is 1.06 bits per heavy atom. The molecule has 5 rings (SSSR count). The molecule has 1 fully saturated rings. The van der Waals surface area contributed by atoms with Crippen LogP contribution in [0.5, 0.6) is 0 Å².